The fraction of sp³-hybridized carbons (Fsp3) is 0.174. The lowest BCUT2D eigenvalue weighted by atomic mass is 10.00. The number of hydrogen-bond acceptors (Lipinski definition) is 4. The van der Waals surface area contributed by atoms with Gasteiger partial charge < -0.3 is 11.1 Å². The molecule has 0 aliphatic rings. The minimum Gasteiger partial charge on any atom is -0.368 e. The summed E-state index contributed by atoms with van der Waals surface area (Å²) in [4.78, 5) is 29.0. The number of benzene rings is 3. The van der Waals surface area contributed by atoms with E-state index in [9.17, 15) is 9.59 Å². The summed E-state index contributed by atoms with van der Waals surface area (Å²) in [6.07, 6.45) is 0. The number of carbonyl (C=O) groups excluding carboxylic acids is 1. The Morgan fingerprint density at radius 1 is 1.03 bits per heavy atom. The second-order valence-electron chi connectivity index (χ2n) is 7.07. The van der Waals surface area contributed by atoms with E-state index < -0.39 is 5.91 Å². The number of para-hydroxylation sites is 1. The third kappa shape index (κ3) is 3.75. The van der Waals surface area contributed by atoms with Crippen LogP contribution in [0.5, 0.6) is 0 Å². The Balaban J connectivity index is 1.68. The smallest absolute Gasteiger partial charge is 0.261 e. The van der Waals surface area contributed by atoms with Crippen LogP contribution >= 0.6 is 0 Å². The van der Waals surface area contributed by atoms with Crippen LogP contribution in [-0.4, -0.2) is 15.5 Å². The maximum absolute atomic E-state index is 12.9. The van der Waals surface area contributed by atoms with Crippen molar-refractivity contribution in [3.63, 3.8) is 0 Å². The van der Waals surface area contributed by atoms with Gasteiger partial charge in [0.25, 0.3) is 5.56 Å². The first kappa shape index (κ1) is 18.8. The average molecular weight is 386 g/mol. The Hall–Kier alpha value is -3.51. The molecule has 0 saturated heterocycles. The number of rotatable bonds is 6. The third-order valence-corrected chi connectivity index (χ3v) is 5.11. The Morgan fingerprint density at radius 3 is 2.52 bits per heavy atom. The zero-order chi connectivity index (χ0) is 20.4. The van der Waals surface area contributed by atoms with E-state index in [1.165, 1.54) is 15.3 Å². The van der Waals surface area contributed by atoms with Gasteiger partial charge in [0, 0.05) is 6.04 Å². The second kappa shape index (κ2) is 7.85. The standard InChI is InChI=1S/C23H22N4O2/c1-15(17-11-6-8-16-7-2-3-9-18(16)17)25-13-22-26-20-12-5-4-10-19(20)23(29)27(22)14-21(24)28/h2-12,15,25H,13-14H2,1H3,(H2,24,28)/t15-/m0/s1. The van der Waals surface area contributed by atoms with E-state index in [1.54, 1.807) is 18.2 Å². The van der Waals surface area contributed by atoms with Crippen molar-refractivity contribution < 1.29 is 4.79 Å². The molecule has 4 rings (SSSR count). The van der Waals surface area contributed by atoms with Gasteiger partial charge >= 0.3 is 0 Å². The van der Waals surface area contributed by atoms with Crippen LogP contribution in [0.25, 0.3) is 21.7 Å². The Labute approximate surface area is 168 Å². The number of hydrogen-bond donors (Lipinski definition) is 2. The van der Waals surface area contributed by atoms with Crippen molar-refractivity contribution in [2.45, 2.75) is 26.1 Å². The van der Waals surface area contributed by atoms with E-state index >= 15 is 0 Å². The van der Waals surface area contributed by atoms with E-state index in [-0.39, 0.29) is 18.1 Å². The summed E-state index contributed by atoms with van der Waals surface area (Å²) in [6, 6.07) is 21.6. The van der Waals surface area contributed by atoms with E-state index in [0.29, 0.717) is 23.3 Å². The van der Waals surface area contributed by atoms with Crippen molar-refractivity contribution in [3.8, 4) is 0 Å². The predicted molar refractivity (Wildman–Crippen MR) is 114 cm³/mol. The monoisotopic (exact) mass is 386 g/mol. The lowest BCUT2D eigenvalue weighted by Crippen LogP contribution is -2.33. The van der Waals surface area contributed by atoms with Crippen LogP contribution in [0.2, 0.25) is 0 Å². The van der Waals surface area contributed by atoms with Gasteiger partial charge in [0.05, 0.1) is 17.4 Å². The predicted octanol–water partition coefficient (Wildman–Crippen LogP) is 2.89. The lowest BCUT2D eigenvalue weighted by molar-refractivity contribution is -0.118. The number of amides is 1. The molecular formula is C23H22N4O2. The molecule has 1 amide bonds. The van der Waals surface area contributed by atoms with Crippen LogP contribution in [0.4, 0.5) is 0 Å². The fourth-order valence-electron chi connectivity index (χ4n) is 3.65. The summed E-state index contributed by atoms with van der Waals surface area (Å²) >= 11 is 0. The minimum absolute atomic E-state index is 0.0199. The molecule has 1 atom stereocenters. The van der Waals surface area contributed by atoms with Crippen molar-refractivity contribution in [1.82, 2.24) is 14.9 Å². The molecule has 0 fully saturated rings. The molecule has 3 N–H and O–H groups in total. The Kier molecular flexibility index (Phi) is 5.10. The number of nitrogens with two attached hydrogens (primary N) is 1. The molecule has 0 unspecified atom stereocenters. The van der Waals surface area contributed by atoms with Gasteiger partial charge in [-0.05, 0) is 35.4 Å². The quantitative estimate of drug-likeness (QED) is 0.533. The Bertz CT molecular complexity index is 1260. The molecule has 29 heavy (non-hydrogen) atoms. The van der Waals surface area contributed by atoms with E-state index in [2.05, 4.69) is 41.5 Å². The number of nitrogens with one attached hydrogen (secondary N) is 1. The van der Waals surface area contributed by atoms with E-state index in [0.717, 1.165) is 5.56 Å². The van der Waals surface area contributed by atoms with Gasteiger partial charge in [-0.15, -0.1) is 0 Å². The van der Waals surface area contributed by atoms with Crippen LogP contribution in [-0.2, 0) is 17.9 Å². The molecule has 0 spiro atoms. The molecule has 6 heteroatoms. The molecule has 3 aromatic carbocycles. The molecule has 0 aliphatic carbocycles. The maximum Gasteiger partial charge on any atom is 0.261 e. The van der Waals surface area contributed by atoms with E-state index in [4.69, 9.17) is 5.73 Å². The number of aromatic nitrogens is 2. The summed E-state index contributed by atoms with van der Waals surface area (Å²) < 4.78 is 1.35. The first-order valence-corrected chi connectivity index (χ1v) is 9.52. The van der Waals surface area contributed by atoms with Crippen molar-refractivity contribution >= 4 is 27.6 Å². The summed E-state index contributed by atoms with van der Waals surface area (Å²) in [5, 5.41) is 6.26. The number of carbonyl (C=O) groups is 1. The fourth-order valence-corrected chi connectivity index (χ4v) is 3.65. The highest BCUT2D eigenvalue weighted by atomic mass is 16.2. The highest BCUT2D eigenvalue weighted by Crippen LogP contribution is 2.24. The van der Waals surface area contributed by atoms with Gasteiger partial charge in [0.15, 0.2) is 0 Å². The normalized spacial score (nSPS) is 12.3. The third-order valence-electron chi connectivity index (χ3n) is 5.11. The van der Waals surface area contributed by atoms with Gasteiger partial charge in [0.1, 0.15) is 12.4 Å². The lowest BCUT2D eigenvalue weighted by Gasteiger charge is -2.18. The molecule has 0 bridgehead atoms. The van der Waals surface area contributed by atoms with E-state index in [1.807, 2.05) is 24.3 Å². The summed E-state index contributed by atoms with van der Waals surface area (Å²) in [5.41, 5.74) is 6.87. The molecule has 146 valence electrons. The molecule has 6 nitrogen and oxygen atoms in total. The number of primary amides is 1. The van der Waals surface area contributed by atoms with Gasteiger partial charge in [-0.3, -0.25) is 14.2 Å². The van der Waals surface area contributed by atoms with Crippen LogP contribution in [0.3, 0.4) is 0 Å². The number of nitrogens with zero attached hydrogens (tertiary/aromatic N) is 2. The van der Waals surface area contributed by atoms with Gasteiger partial charge in [-0.2, -0.15) is 0 Å². The van der Waals surface area contributed by atoms with Gasteiger partial charge in [0.2, 0.25) is 5.91 Å². The molecule has 0 aliphatic heterocycles. The molecule has 4 aromatic rings. The highest BCUT2D eigenvalue weighted by Gasteiger charge is 2.15. The van der Waals surface area contributed by atoms with Crippen molar-refractivity contribution in [1.29, 1.82) is 0 Å². The first-order chi connectivity index (χ1) is 14.0. The first-order valence-electron chi connectivity index (χ1n) is 9.52. The summed E-state index contributed by atoms with van der Waals surface area (Å²) in [7, 11) is 0. The second-order valence-corrected chi connectivity index (χ2v) is 7.07. The molecule has 0 saturated carbocycles. The van der Waals surface area contributed by atoms with Crippen molar-refractivity contribution in [2.24, 2.45) is 5.73 Å². The van der Waals surface area contributed by atoms with Crippen molar-refractivity contribution in [2.75, 3.05) is 0 Å². The highest BCUT2D eigenvalue weighted by molar-refractivity contribution is 5.86. The van der Waals surface area contributed by atoms with Gasteiger partial charge in [-0.1, -0.05) is 54.6 Å². The van der Waals surface area contributed by atoms with Crippen LogP contribution in [0.15, 0.2) is 71.5 Å². The maximum atomic E-state index is 12.9. The SMILES string of the molecule is C[C@H](NCc1nc2ccccc2c(=O)n1CC(N)=O)c1cccc2ccccc12. The van der Waals surface area contributed by atoms with Crippen LogP contribution in [0.1, 0.15) is 24.4 Å². The minimum atomic E-state index is -0.576. The largest absolute Gasteiger partial charge is 0.368 e. The van der Waals surface area contributed by atoms with Gasteiger partial charge in [-0.25, -0.2) is 4.98 Å². The molecule has 1 aromatic heterocycles. The molecule has 1 heterocycles. The number of fused-ring (bicyclic) bond motifs is 2. The van der Waals surface area contributed by atoms with Crippen molar-refractivity contribution in [3.05, 3.63) is 88.5 Å². The average Bonchev–Trinajstić information content (AvgIpc) is 2.73. The summed E-state index contributed by atoms with van der Waals surface area (Å²) in [6.45, 7) is 2.20. The van der Waals surface area contributed by atoms with Crippen LogP contribution < -0.4 is 16.6 Å². The zero-order valence-corrected chi connectivity index (χ0v) is 16.1. The summed E-state index contributed by atoms with van der Waals surface area (Å²) in [5.74, 6) is -0.0906. The molecule has 0 radical (unpaired) electrons. The zero-order valence-electron chi connectivity index (χ0n) is 16.1. The molecular weight excluding hydrogens is 364 g/mol. The van der Waals surface area contributed by atoms with Crippen LogP contribution in [0, 0.1) is 0 Å². The topological polar surface area (TPSA) is 90.0 Å². The Morgan fingerprint density at radius 2 is 1.72 bits per heavy atom.